The number of nitrogens with zero attached hydrogens (tertiary/aromatic N) is 5. The molecule has 35 heavy (non-hydrogen) atoms. The first-order chi connectivity index (χ1) is 17.0. The van der Waals surface area contributed by atoms with Crippen molar-refractivity contribution in [3.05, 3.63) is 86.6 Å². The van der Waals surface area contributed by atoms with Gasteiger partial charge < -0.3 is 15.0 Å². The molecule has 9 heteroatoms. The predicted molar refractivity (Wildman–Crippen MR) is 136 cm³/mol. The third-order valence-corrected chi connectivity index (χ3v) is 6.69. The van der Waals surface area contributed by atoms with E-state index in [-0.39, 0.29) is 17.3 Å². The molecule has 1 N–H and O–H groups in total. The second-order valence-electron chi connectivity index (χ2n) is 9.01. The summed E-state index contributed by atoms with van der Waals surface area (Å²) in [5, 5.41) is 3.61. The Labute approximate surface area is 203 Å². The number of hydrogen-bond acceptors (Lipinski definition) is 6. The smallest absolute Gasteiger partial charge is 0.332 e. The van der Waals surface area contributed by atoms with E-state index in [1.165, 1.54) is 17.2 Å². The van der Waals surface area contributed by atoms with E-state index in [1.807, 2.05) is 47.0 Å². The Balaban J connectivity index is 1.53. The number of rotatable bonds is 6. The van der Waals surface area contributed by atoms with E-state index in [4.69, 9.17) is 9.72 Å². The number of anilines is 1. The molecule has 4 aromatic rings. The lowest BCUT2D eigenvalue weighted by Gasteiger charge is -2.34. The average Bonchev–Trinajstić information content (AvgIpc) is 3.26. The van der Waals surface area contributed by atoms with Crippen LogP contribution in [0, 0.1) is 0 Å². The van der Waals surface area contributed by atoms with E-state index in [0.29, 0.717) is 23.7 Å². The van der Waals surface area contributed by atoms with Crippen molar-refractivity contribution in [2.45, 2.75) is 19.0 Å². The molecule has 3 heterocycles. The third-order valence-electron chi connectivity index (χ3n) is 6.69. The Morgan fingerprint density at radius 1 is 1.00 bits per heavy atom. The maximum atomic E-state index is 13.2. The molecule has 182 valence electrons. The third kappa shape index (κ3) is 4.35. The lowest BCUT2D eigenvalue weighted by Crippen LogP contribution is -2.52. The minimum Gasteiger partial charge on any atom is -0.497 e. The van der Waals surface area contributed by atoms with Crippen LogP contribution in [0.1, 0.15) is 11.1 Å². The van der Waals surface area contributed by atoms with Crippen molar-refractivity contribution in [3.63, 3.8) is 0 Å². The molecule has 0 bridgehead atoms. The zero-order valence-electron chi connectivity index (χ0n) is 20.3. The number of imidazole rings is 1. The summed E-state index contributed by atoms with van der Waals surface area (Å²) in [6.07, 6.45) is 0.861. The fraction of sp³-hybridized carbons (Fsp3) is 0.346. The van der Waals surface area contributed by atoms with Gasteiger partial charge in [0, 0.05) is 39.8 Å². The number of nitrogens with one attached hydrogen (secondary N) is 1. The monoisotopic (exact) mass is 474 g/mol. The highest BCUT2D eigenvalue weighted by molar-refractivity contribution is 5.75. The first kappa shape index (κ1) is 22.9. The summed E-state index contributed by atoms with van der Waals surface area (Å²) in [5.74, 6) is 1.55. The zero-order chi connectivity index (χ0) is 24.5. The van der Waals surface area contributed by atoms with Crippen molar-refractivity contribution in [2.24, 2.45) is 14.1 Å². The van der Waals surface area contributed by atoms with Gasteiger partial charge in [0.15, 0.2) is 11.2 Å². The number of fused-ring (bicyclic) bond motifs is 1. The van der Waals surface area contributed by atoms with Gasteiger partial charge in [-0.25, -0.2) is 4.79 Å². The van der Waals surface area contributed by atoms with Crippen LogP contribution in [0.25, 0.3) is 11.2 Å². The summed E-state index contributed by atoms with van der Waals surface area (Å²) in [6, 6.07) is 18.4. The van der Waals surface area contributed by atoms with Gasteiger partial charge in [-0.2, -0.15) is 4.98 Å². The van der Waals surface area contributed by atoms with Crippen LogP contribution in [-0.2, 0) is 27.1 Å². The second-order valence-corrected chi connectivity index (χ2v) is 9.01. The molecule has 9 nitrogen and oxygen atoms in total. The maximum absolute atomic E-state index is 13.2. The van der Waals surface area contributed by atoms with E-state index in [2.05, 4.69) is 22.3 Å². The number of aryl methyl sites for hydroxylation is 1. The van der Waals surface area contributed by atoms with Crippen molar-refractivity contribution < 1.29 is 4.74 Å². The van der Waals surface area contributed by atoms with Gasteiger partial charge in [0.1, 0.15) is 5.75 Å². The largest absolute Gasteiger partial charge is 0.497 e. The number of piperazine rings is 1. The Kier molecular flexibility index (Phi) is 6.17. The van der Waals surface area contributed by atoms with Crippen LogP contribution in [0.5, 0.6) is 5.75 Å². The lowest BCUT2D eigenvalue weighted by atomic mass is 10.0. The van der Waals surface area contributed by atoms with Gasteiger partial charge in [-0.15, -0.1) is 0 Å². The number of ether oxygens (including phenoxy) is 1. The highest BCUT2D eigenvalue weighted by Gasteiger charge is 2.27. The second kappa shape index (κ2) is 9.42. The molecule has 0 unspecified atom stereocenters. The molecule has 0 spiro atoms. The number of benzene rings is 2. The van der Waals surface area contributed by atoms with Crippen LogP contribution in [0.4, 0.5) is 5.95 Å². The Morgan fingerprint density at radius 3 is 2.46 bits per heavy atom. The number of hydrogen-bond donors (Lipinski definition) is 1. The summed E-state index contributed by atoms with van der Waals surface area (Å²) in [5.41, 5.74) is 2.43. The quantitative estimate of drug-likeness (QED) is 0.456. The molecular weight excluding hydrogens is 444 g/mol. The predicted octanol–water partition coefficient (Wildman–Crippen LogP) is 1.51. The van der Waals surface area contributed by atoms with Crippen molar-refractivity contribution in [1.82, 2.24) is 24.0 Å². The van der Waals surface area contributed by atoms with Crippen molar-refractivity contribution >= 4 is 17.1 Å². The van der Waals surface area contributed by atoms with Gasteiger partial charge in [-0.05, 0) is 29.7 Å². The van der Waals surface area contributed by atoms with Crippen LogP contribution >= 0.6 is 0 Å². The molecule has 1 atom stereocenters. The molecule has 2 aromatic carbocycles. The van der Waals surface area contributed by atoms with Crippen LogP contribution in [-0.4, -0.2) is 51.5 Å². The summed E-state index contributed by atoms with van der Waals surface area (Å²) >= 11 is 0. The van der Waals surface area contributed by atoms with Gasteiger partial charge in [0.05, 0.1) is 13.7 Å². The minimum absolute atomic E-state index is 0.216. The molecule has 0 saturated carbocycles. The van der Waals surface area contributed by atoms with E-state index < -0.39 is 0 Å². The Hall–Kier alpha value is -3.85. The molecule has 0 radical (unpaired) electrons. The van der Waals surface area contributed by atoms with Crippen molar-refractivity contribution in [3.8, 4) is 5.75 Å². The van der Waals surface area contributed by atoms with Crippen LogP contribution < -0.4 is 26.2 Å². The highest BCUT2D eigenvalue weighted by Crippen LogP contribution is 2.23. The molecule has 1 aliphatic rings. The molecule has 0 amide bonds. The van der Waals surface area contributed by atoms with Crippen LogP contribution in [0.2, 0.25) is 0 Å². The fourth-order valence-electron chi connectivity index (χ4n) is 4.78. The molecule has 2 aromatic heterocycles. The van der Waals surface area contributed by atoms with Crippen molar-refractivity contribution in [2.75, 3.05) is 31.6 Å². The fourth-order valence-corrected chi connectivity index (χ4v) is 4.78. The van der Waals surface area contributed by atoms with E-state index in [0.717, 1.165) is 41.9 Å². The number of methoxy groups -OCH3 is 1. The van der Waals surface area contributed by atoms with Gasteiger partial charge in [-0.1, -0.05) is 42.5 Å². The molecule has 1 aliphatic heterocycles. The summed E-state index contributed by atoms with van der Waals surface area (Å²) in [4.78, 5) is 32.9. The molecule has 0 aliphatic carbocycles. The highest BCUT2D eigenvalue weighted by atomic mass is 16.5. The summed E-state index contributed by atoms with van der Waals surface area (Å²) in [7, 11) is 4.84. The SMILES string of the molecule is COc1ccc(C[C@H]2CN(c3nc4c(c(=O)n(C)c(=O)n4C)n3Cc3ccccc3)CCN2)cc1. The standard InChI is InChI=1S/C26H30N6O3/c1-29-23-22(24(33)30(2)26(29)34)32(16-19-7-5-4-6-8-19)25(28-23)31-14-13-27-20(17-31)15-18-9-11-21(35-3)12-10-18/h4-12,20,27H,13-17H2,1-3H3/t20-/m0/s1. The van der Waals surface area contributed by atoms with Gasteiger partial charge in [-0.3, -0.25) is 18.5 Å². The van der Waals surface area contributed by atoms with Crippen LogP contribution in [0.3, 0.4) is 0 Å². The Bertz CT molecular complexity index is 1450. The molecule has 1 fully saturated rings. The van der Waals surface area contributed by atoms with E-state index >= 15 is 0 Å². The topological polar surface area (TPSA) is 86.3 Å². The minimum atomic E-state index is -0.379. The first-order valence-corrected chi connectivity index (χ1v) is 11.8. The van der Waals surface area contributed by atoms with Gasteiger partial charge in [0.25, 0.3) is 5.56 Å². The number of aromatic nitrogens is 4. The zero-order valence-corrected chi connectivity index (χ0v) is 20.3. The van der Waals surface area contributed by atoms with Crippen LogP contribution in [0.15, 0.2) is 64.2 Å². The summed E-state index contributed by atoms with van der Waals surface area (Å²) in [6.45, 7) is 2.78. The van der Waals surface area contributed by atoms with Gasteiger partial charge in [0.2, 0.25) is 5.95 Å². The summed E-state index contributed by atoms with van der Waals surface area (Å²) < 4.78 is 9.84. The van der Waals surface area contributed by atoms with Crippen molar-refractivity contribution in [1.29, 1.82) is 0 Å². The van der Waals surface area contributed by atoms with E-state index in [1.54, 1.807) is 14.2 Å². The lowest BCUT2D eigenvalue weighted by molar-refractivity contribution is 0.414. The maximum Gasteiger partial charge on any atom is 0.332 e. The first-order valence-electron chi connectivity index (χ1n) is 11.8. The van der Waals surface area contributed by atoms with Gasteiger partial charge >= 0.3 is 5.69 Å². The normalized spacial score (nSPS) is 16.1. The average molecular weight is 475 g/mol. The molecule has 1 saturated heterocycles. The Morgan fingerprint density at radius 2 is 1.74 bits per heavy atom. The molecule has 5 rings (SSSR count). The molecular formula is C26H30N6O3. The van der Waals surface area contributed by atoms with E-state index in [9.17, 15) is 9.59 Å².